The first-order valence-corrected chi connectivity index (χ1v) is 9.79. The fourth-order valence-corrected chi connectivity index (χ4v) is 4.37. The van der Waals surface area contributed by atoms with Crippen LogP contribution in [0.15, 0.2) is 27.2 Å². The van der Waals surface area contributed by atoms with E-state index in [1.54, 1.807) is 18.3 Å². The maximum atomic E-state index is 12.1. The van der Waals surface area contributed by atoms with E-state index >= 15 is 0 Å². The van der Waals surface area contributed by atoms with Gasteiger partial charge in [-0.3, -0.25) is 9.59 Å². The van der Waals surface area contributed by atoms with Gasteiger partial charge in [-0.2, -0.15) is 0 Å². The van der Waals surface area contributed by atoms with Crippen LogP contribution in [0, 0.1) is 0 Å². The molecule has 0 radical (unpaired) electrons. The fourth-order valence-electron chi connectivity index (χ4n) is 1.72. The first-order valence-electron chi connectivity index (χ1n) is 7.15. The van der Waals surface area contributed by atoms with Gasteiger partial charge in [0.05, 0.1) is 30.5 Å². The van der Waals surface area contributed by atoms with E-state index in [-0.39, 0.29) is 23.5 Å². The zero-order valence-corrected chi connectivity index (χ0v) is 15.4. The molecule has 0 aliphatic carbocycles. The number of thioether (sulfide) groups is 1. The molecule has 0 aromatic carbocycles. The molecule has 124 valence electrons. The largest absolute Gasteiger partial charge is 0.466 e. The van der Waals surface area contributed by atoms with E-state index in [0.29, 0.717) is 18.8 Å². The van der Waals surface area contributed by atoms with E-state index in [1.807, 2.05) is 29.8 Å². The topological polar surface area (TPSA) is 68.3 Å². The summed E-state index contributed by atoms with van der Waals surface area (Å²) in [6, 6.07) is 3.95. The summed E-state index contributed by atoms with van der Waals surface area (Å²) in [6.45, 7) is 4.54. The highest BCUT2D eigenvalue weighted by molar-refractivity contribution is 8.02. The maximum absolute atomic E-state index is 12.1. The zero-order valence-electron chi connectivity index (χ0n) is 12.9. The smallest absolute Gasteiger partial charge is 0.311 e. The van der Waals surface area contributed by atoms with Gasteiger partial charge in [-0.25, -0.2) is 4.98 Å². The number of nitrogens with zero attached hydrogens (tertiary/aromatic N) is 1. The number of thiazole rings is 1. The normalized spacial score (nSPS) is 11.9. The van der Waals surface area contributed by atoms with Gasteiger partial charge in [-0.05, 0) is 25.3 Å². The number of nitrogens with one attached hydrogen (secondary N) is 1. The Morgan fingerprint density at radius 2 is 2.26 bits per heavy atom. The van der Waals surface area contributed by atoms with Crippen LogP contribution in [0.25, 0.3) is 0 Å². The van der Waals surface area contributed by atoms with Gasteiger partial charge in [-0.15, -0.1) is 22.7 Å². The van der Waals surface area contributed by atoms with Gasteiger partial charge in [-0.1, -0.05) is 17.8 Å². The molecular weight excluding hydrogens is 352 g/mol. The van der Waals surface area contributed by atoms with E-state index in [1.165, 1.54) is 23.1 Å². The highest BCUT2D eigenvalue weighted by atomic mass is 32.2. The Bertz CT molecular complexity index is 640. The molecule has 0 saturated heterocycles. The number of esters is 1. The molecular formula is C15H18N2O3S3. The summed E-state index contributed by atoms with van der Waals surface area (Å²) < 4.78 is 5.68. The minimum Gasteiger partial charge on any atom is -0.466 e. The van der Waals surface area contributed by atoms with Crippen molar-refractivity contribution in [3.63, 3.8) is 0 Å². The average Bonchev–Trinajstić information content (AvgIpc) is 3.17. The van der Waals surface area contributed by atoms with Crippen molar-refractivity contribution in [2.45, 2.75) is 36.4 Å². The lowest BCUT2D eigenvalue weighted by molar-refractivity contribution is -0.142. The molecule has 2 rings (SSSR count). The van der Waals surface area contributed by atoms with Crippen LogP contribution in [0.1, 0.15) is 24.4 Å². The van der Waals surface area contributed by atoms with Crippen LogP contribution in [-0.4, -0.2) is 28.7 Å². The predicted octanol–water partition coefficient (Wildman–Crippen LogP) is 3.11. The van der Waals surface area contributed by atoms with Crippen molar-refractivity contribution < 1.29 is 14.3 Å². The Kier molecular flexibility index (Phi) is 7.07. The van der Waals surface area contributed by atoms with Crippen molar-refractivity contribution >= 4 is 46.3 Å². The number of carbonyl (C=O) groups is 2. The number of hydrogen-bond donors (Lipinski definition) is 1. The summed E-state index contributed by atoms with van der Waals surface area (Å²) in [5, 5.41) is 6.49. The lowest BCUT2D eigenvalue weighted by Gasteiger charge is -2.09. The Morgan fingerprint density at radius 1 is 1.43 bits per heavy atom. The minimum absolute atomic E-state index is 0.0226. The second-order valence-corrected chi connectivity index (χ2v) is 8.12. The van der Waals surface area contributed by atoms with Crippen LogP contribution < -0.4 is 5.32 Å². The van der Waals surface area contributed by atoms with Crippen LogP contribution >= 0.6 is 34.4 Å². The van der Waals surface area contributed by atoms with Gasteiger partial charge in [0.25, 0.3) is 0 Å². The third-order valence-corrected chi connectivity index (χ3v) is 5.82. The molecule has 2 aromatic rings. The van der Waals surface area contributed by atoms with Crippen LogP contribution in [-0.2, 0) is 27.3 Å². The average molecular weight is 371 g/mol. The number of ether oxygens (including phenoxy) is 1. The van der Waals surface area contributed by atoms with E-state index < -0.39 is 0 Å². The summed E-state index contributed by atoms with van der Waals surface area (Å²) in [4.78, 5) is 29.0. The molecule has 23 heavy (non-hydrogen) atoms. The van der Waals surface area contributed by atoms with E-state index in [0.717, 1.165) is 9.22 Å². The molecule has 0 bridgehead atoms. The molecule has 8 heteroatoms. The number of carbonyl (C=O) groups excluding carboxylic acids is 2. The second-order valence-electron chi connectivity index (χ2n) is 4.64. The van der Waals surface area contributed by atoms with Crippen molar-refractivity contribution in [2.75, 3.05) is 6.61 Å². The van der Waals surface area contributed by atoms with Crippen LogP contribution in [0.3, 0.4) is 0 Å². The molecule has 5 nitrogen and oxygen atoms in total. The summed E-state index contributed by atoms with van der Waals surface area (Å²) in [7, 11) is 0. The van der Waals surface area contributed by atoms with E-state index in [9.17, 15) is 9.59 Å². The van der Waals surface area contributed by atoms with Crippen LogP contribution in [0.2, 0.25) is 0 Å². The van der Waals surface area contributed by atoms with E-state index in [2.05, 4.69) is 10.3 Å². The molecule has 2 aromatic heterocycles. The predicted molar refractivity (Wildman–Crippen MR) is 93.9 cm³/mol. The van der Waals surface area contributed by atoms with E-state index in [4.69, 9.17) is 4.74 Å². The third-order valence-electron chi connectivity index (χ3n) is 2.83. The Balaban J connectivity index is 1.80. The number of amides is 1. The SMILES string of the molecule is CCOC(=O)Cc1csc(SC(C)C(=O)NCc2cccs2)n1. The van der Waals surface area contributed by atoms with Crippen molar-refractivity contribution in [3.8, 4) is 0 Å². The van der Waals surface area contributed by atoms with Gasteiger partial charge in [0.2, 0.25) is 5.91 Å². The lowest BCUT2D eigenvalue weighted by atomic mass is 10.3. The third kappa shape index (κ3) is 5.96. The van der Waals surface area contributed by atoms with Gasteiger partial charge in [0, 0.05) is 10.3 Å². The van der Waals surface area contributed by atoms with Crippen molar-refractivity contribution in [2.24, 2.45) is 0 Å². The first-order chi connectivity index (χ1) is 11.1. The standard InChI is InChI=1S/C15H18N2O3S3/c1-3-20-13(18)7-11-9-22-15(17-11)23-10(2)14(19)16-8-12-5-4-6-21-12/h4-6,9-10H,3,7-8H2,1-2H3,(H,16,19). The first kappa shape index (κ1) is 18.0. The Hall–Kier alpha value is -1.38. The number of rotatable bonds is 8. The minimum atomic E-state index is -0.281. The lowest BCUT2D eigenvalue weighted by Crippen LogP contribution is -2.30. The monoisotopic (exact) mass is 370 g/mol. The summed E-state index contributed by atoms with van der Waals surface area (Å²) in [5.74, 6) is -0.304. The molecule has 0 spiro atoms. The molecule has 1 amide bonds. The quantitative estimate of drug-likeness (QED) is 0.571. The fraction of sp³-hybridized carbons (Fsp3) is 0.400. The Morgan fingerprint density at radius 3 is 2.96 bits per heavy atom. The molecule has 1 N–H and O–H groups in total. The molecule has 1 unspecified atom stereocenters. The molecule has 0 aliphatic heterocycles. The Labute approximate surface area is 147 Å². The molecule has 2 heterocycles. The summed E-state index contributed by atoms with van der Waals surface area (Å²) >= 11 is 4.45. The van der Waals surface area contributed by atoms with Crippen molar-refractivity contribution in [3.05, 3.63) is 33.5 Å². The molecule has 0 saturated carbocycles. The van der Waals surface area contributed by atoms with Gasteiger partial charge in [0.1, 0.15) is 0 Å². The maximum Gasteiger partial charge on any atom is 0.311 e. The van der Waals surface area contributed by atoms with Crippen molar-refractivity contribution in [1.29, 1.82) is 0 Å². The number of hydrogen-bond acceptors (Lipinski definition) is 7. The van der Waals surface area contributed by atoms with Crippen molar-refractivity contribution in [1.82, 2.24) is 10.3 Å². The highest BCUT2D eigenvalue weighted by Gasteiger charge is 2.17. The highest BCUT2D eigenvalue weighted by Crippen LogP contribution is 2.27. The molecule has 0 aliphatic rings. The molecule has 1 atom stereocenters. The van der Waals surface area contributed by atoms with Gasteiger partial charge >= 0.3 is 5.97 Å². The molecule has 0 fully saturated rings. The van der Waals surface area contributed by atoms with Gasteiger partial charge in [0.15, 0.2) is 4.34 Å². The number of thiophene rings is 1. The zero-order chi connectivity index (χ0) is 16.7. The summed E-state index contributed by atoms with van der Waals surface area (Å²) in [6.07, 6.45) is 0.170. The van der Waals surface area contributed by atoms with Crippen LogP contribution in [0.5, 0.6) is 0 Å². The second kappa shape index (κ2) is 9.05. The van der Waals surface area contributed by atoms with Gasteiger partial charge < -0.3 is 10.1 Å². The van der Waals surface area contributed by atoms with Crippen LogP contribution in [0.4, 0.5) is 0 Å². The number of aromatic nitrogens is 1. The summed E-state index contributed by atoms with van der Waals surface area (Å²) in [5.41, 5.74) is 0.683.